The Hall–Kier alpha value is -3.24. The Labute approximate surface area is 141 Å². The Morgan fingerprint density at radius 3 is 2.44 bits per heavy atom. The Balaban J connectivity index is 1.99. The number of non-ortho nitro benzene ring substituents is 1. The second-order valence-electron chi connectivity index (χ2n) is 4.72. The first kappa shape index (κ1) is 18.1. The van der Waals surface area contributed by atoms with Crippen molar-refractivity contribution in [2.24, 2.45) is 0 Å². The molecule has 10 nitrogen and oxygen atoms in total. The number of furan rings is 1. The number of carbonyl (C=O) groups excluding carboxylic acids is 2. The zero-order valence-corrected chi connectivity index (χ0v) is 13.3. The Bertz CT molecular complexity index is 783. The van der Waals surface area contributed by atoms with E-state index in [9.17, 15) is 19.7 Å². The molecule has 132 valence electrons. The highest BCUT2D eigenvalue weighted by Gasteiger charge is 2.18. The number of carbonyl (C=O) groups is 2. The fraction of sp³-hybridized carbons (Fsp3) is 0.200. The number of hydrogen-bond acceptors (Lipinski definition) is 7. The van der Waals surface area contributed by atoms with Crippen molar-refractivity contribution >= 4 is 17.5 Å². The first-order valence-electron chi connectivity index (χ1n) is 6.96. The minimum absolute atomic E-state index is 0.0217. The monoisotopic (exact) mass is 349 g/mol. The molecule has 1 aromatic carbocycles. The smallest absolute Gasteiger partial charge is 0.305 e. The highest BCUT2D eigenvalue weighted by atomic mass is 16.7. The predicted molar refractivity (Wildman–Crippen MR) is 83.5 cm³/mol. The molecule has 0 saturated heterocycles. The van der Waals surface area contributed by atoms with Crippen LogP contribution in [0, 0.1) is 10.1 Å². The maximum absolute atomic E-state index is 12.0. The minimum atomic E-state index is -0.763. The molecule has 0 unspecified atom stereocenters. The van der Waals surface area contributed by atoms with Gasteiger partial charge < -0.3 is 13.9 Å². The van der Waals surface area contributed by atoms with Crippen LogP contribution in [0.15, 0.2) is 40.8 Å². The standard InChI is InChI=1S/C15H15N3O7/c1-23-15(24-2)12-7-6-11(25-12)14(20)17-16-13(19)9-4-3-5-10(8-9)18(21)22/h3-8,15H,1-2H3,(H,16,19)(H,17,20). The SMILES string of the molecule is COC(OC)c1ccc(C(=O)NNC(=O)c2cccc([N+](=O)[O-])c2)o1. The van der Waals surface area contributed by atoms with Crippen LogP contribution in [0.25, 0.3) is 0 Å². The number of hydrazine groups is 1. The van der Waals surface area contributed by atoms with E-state index in [1.807, 2.05) is 0 Å². The molecule has 0 radical (unpaired) electrons. The van der Waals surface area contributed by atoms with Gasteiger partial charge in [-0.25, -0.2) is 0 Å². The number of nitrogens with zero attached hydrogens (tertiary/aromatic N) is 1. The van der Waals surface area contributed by atoms with Gasteiger partial charge in [0, 0.05) is 31.9 Å². The van der Waals surface area contributed by atoms with E-state index in [2.05, 4.69) is 10.9 Å². The van der Waals surface area contributed by atoms with Crippen LogP contribution in [-0.4, -0.2) is 31.0 Å². The predicted octanol–water partition coefficient (Wildman–Crippen LogP) is 1.55. The van der Waals surface area contributed by atoms with Gasteiger partial charge in [0.05, 0.1) is 4.92 Å². The first-order valence-corrected chi connectivity index (χ1v) is 6.96. The highest BCUT2D eigenvalue weighted by Crippen LogP contribution is 2.20. The lowest BCUT2D eigenvalue weighted by Gasteiger charge is -2.09. The van der Waals surface area contributed by atoms with E-state index in [1.54, 1.807) is 0 Å². The number of hydrogen-bond donors (Lipinski definition) is 2. The normalized spacial score (nSPS) is 10.5. The summed E-state index contributed by atoms with van der Waals surface area (Å²) < 4.78 is 15.3. The Morgan fingerprint density at radius 1 is 1.12 bits per heavy atom. The van der Waals surface area contributed by atoms with Crippen molar-refractivity contribution in [2.75, 3.05) is 14.2 Å². The number of nitro groups is 1. The summed E-state index contributed by atoms with van der Waals surface area (Å²) in [4.78, 5) is 34.0. The van der Waals surface area contributed by atoms with Crippen molar-refractivity contribution in [1.29, 1.82) is 0 Å². The number of nitro benzene ring substituents is 1. The Morgan fingerprint density at radius 2 is 1.80 bits per heavy atom. The van der Waals surface area contributed by atoms with E-state index >= 15 is 0 Å². The molecule has 25 heavy (non-hydrogen) atoms. The van der Waals surface area contributed by atoms with Crippen molar-refractivity contribution < 1.29 is 28.4 Å². The molecule has 1 heterocycles. The van der Waals surface area contributed by atoms with Gasteiger partial charge in [0.25, 0.3) is 11.6 Å². The minimum Gasteiger partial charge on any atom is -0.450 e. The van der Waals surface area contributed by atoms with Crippen molar-refractivity contribution in [3.05, 3.63) is 63.6 Å². The van der Waals surface area contributed by atoms with Gasteiger partial charge in [-0.2, -0.15) is 0 Å². The van der Waals surface area contributed by atoms with Gasteiger partial charge >= 0.3 is 5.91 Å². The molecule has 2 rings (SSSR count). The molecule has 10 heteroatoms. The summed E-state index contributed by atoms with van der Waals surface area (Å²) in [5, 5.41) is 10.7. The van der Waals surface area contributed by atoms with Gasteiger partial charge in [-0.05, 0) is 18.2 Å². The molecule has 0 spiro atoms. The molecule has 0 fully saturated rings. The number of benzene rings is 1. The topological polar surface area (TPSA) is 133 Å². The second-order valence-corrected chi connectivity index (χ2v) is 4.72. The lowest BCUT2D eigenvalue weighted by atomic mass is 10.2. The summed E-state index contributed by atoms with van der Waals surface area (Å²) in [6.45, 7) is 0. The average Bonchev–Trinajstić information content (AvgIpc) is 3.10. The van der Waals surface area contributed by atoms with E-state index < -0.39 is 23.0 Å². The van der Waals surface area contributed by atoms with Crippen molar-refractivity contribution in [1.82, 2.24) is 10.9 Å². The van der Waals surface area contributed by atoms with Gasteiger partial charge in [0.2, 0.25) is 6.29 Å². The molecule has 0 saturated carbocycles. The Kier molecular flexibility index (Phi) is 5.82. The fourth-order valence-corrected chi connectivity index (χ4v) is 1.94. The summed E-state index contributed by atoms with van der Waals surface area (Å²) in [5.74, 6) is -1.22. The largest absolute Gasteiger partial charge is 0.450 e. The molecule has 0 aliphatic carbocycles. The van der Waals surface area contributed by atoms with E-state index in [4.69, 9.17) is 13.9 Å². The van der Waals surface area contributed by atoms with Crippen LogP contribution >= 0.6 is 0 Å². The fourth-order valence-electron chi connectivity index (χ4n) is 1.94. The van der Waals surface area contributed by atoms with Gasteiger partial charge in [-0.15, -0.1) is 0 Å². The van der Waals surface area contributed by atoms with Crippen LogP contribution in [0.5, 0.6) is 0 Å². The summed E-state index contributed by atoms with van der Waals surface area (Å²) in [6.07, 6.45) is -0.763. The lowest BCUT2D eigenvalue weighted by Crippen LogP contribution is -2.41. The summed E-state index contributed by atoms with van der Waals surface area (Å²) in [6, 6.07) is 7.96. The number of amides is 2. The second kappa shape index (κ2) is 8.04. The first-order chi connectivity index (χ1) is 12.0. The number of nitrogens with one attached hydrogen (secondary N) is 2. The van der Waals surface area contributed by atoms with E-state index in [1.165, 1.54) is 44.6 Å². The molecule has 1 aromatic heterocycles. The maximum Gasteiger partial charge on any atom is 0.305 e. The number of methoxy groups -OCH3 is 2. The summed E-state index contributed by atoms with van der Waals surface area (Å²) in [5.41, 5.74) is 4.08. The van der Waals surface area contributed by atoms with Crippen molar-refractivity contribution in [2.45, 2.75) is 6.29 Å². The molecule has 2 amide bonds. The van der Waals surface area contributed by atoms with Crippen LogP contribution in [0.2, 0.25) is 0 Å². The summed E-state index contributed by atoms with van der Waals surface area (Å²) in [7, 11) is 2.82. The third-order valence-corrected chi connectivity index (χ3v) is 3.12. The molecular formula is C15H15N3O7. The van der Waals surface area contributed by atoms with Gasteiger partial charge in [-0.1, -0.05) is 6.07 Å². The van der Waals surface area contributed by atoms with Gasteiger partial charge in [-0.3, -0.25) is 30.6 Å². The van der Waals surface area contributed by atoms with E-state index in [0.29, 0.717) is 0 Å². The molecular weight excluding hydrogens is 334 g/mol. The van der Waals surface area contributed by atoms with Crippen LogP contribution in [0.1, 0.15) is 33.0 Å². The van der Waals surface area contributed by atoms with Crippen LogP contribution < -0.4 is 10.9 Å². The van der Waals surface area contributed by atoms with Gasteiger partial charge in [0.1, 0.15) is 0 Å². The third kappa shape index (κ3) is 4.40. The van der Waals surface area contributed by atoms with E-state index in [0.717, 1.165) is 6.07 Å². The third-order valence-electron chi connectivity index (χ3n) is 3.12. The van der Waals surface area contributed by atoms with Crippen LogP contribution in [-0.2, 0) is 9.47 Å². The quantitative estimate of drug-likeness (QED) is 0.459. The van der Waals surface area contributed by atoms with E-state index in [-0.39, 0.29) is 22.8 Å². The van der Waals surface area contributed by atoms with Gasteiger partial charge in [0.15, 0.2) is 11.5 Å². The molecule has 0 aliphatic rings. The van der Waals surface area contributed by atoms with Crippen molar-refractivity contribution in [3.8, 4) is 0 Å². The van der Waals surface area contributed by atoms with Crippen LogP contribution in [0.3, 0.4) is 0 Å². The number of ether oxygens (including phenoxy) is 2. The number of rotatable bonds is 6. The zero-order valence-electron chi connectivity index (χ0n) is 13.3. The lowest BCUT2D eigenvalue weighted by molar-refractivity contribution is -0.384. The van der Waals surface area contributed by atoms with Crippen LogP contribution in [0.4, 0.5) is 5.69 Å². The molecule has 2 aromatic rings. The average molecular weight is 349 g/mol. The maximum atomic E-state index is 12.0. The molecule has 0 aliphatic heterocycles. The zero-order chi connectivity index (χ0) is 18.4. The molecule has 0 bridgehead atoms. The summed E-state index contributed by atoms with van der Waals surface area (Å²) >= 11 is 0. The molecule has 0 atom stereocenters. The van der Waals surface area contributed by atoms with Crippen molar-refractivity contribution in [3.63, 3.8) is 0 Å². The molecule has 2 N–H and O–H groups in total. The highest BCUT2D eigenvalue weighted by molar-refractivity contribution is 5.98.